The van der Waals surface area contributed by atoms with E-state index >= 15 is 0 Å². The SMILES string of the molecule is CC(C)O/N=C1/CCOC1. The Kier molecular flexibility index (Phi) is 2.68. The molecule has 1 aliphatic rings. The molecule has 0 atom stereocenters. The Morgan fingerprint density at radius 2 is 2.40 bits per heavy atom. The van der Waals surface area contributed by atoms with Crippen molar-refractivity contribution in [1.82, 2.24) is 0 Å². The molecule has 0 amide bonds. The molecule has 0 saturated carbocycles. The van der Waals surface area contributed by atoms with Crippen LogP contribution >= 0.6 is 0 Å². The van der Waals surface area contributed by atoms with Crippen LogP contribution in [0.3, 0.4) is 0 Å². The highest BCUT2D eigenvalue weighted by Gasteiger charge is 2.08. The second-order valence-corrected chi connectivity index (χ2v) is 2.61. The topological polar surface area (TPSA) is 30.8 Å². The van der Waals surface area contributed by atoms with E-state index in [2.05, 4.69) is 5.16 Å². The molecular weight excluding hydrogens is 130 g/mol. The molecule has 0 unspecified atom stereocenters. The number of ether oxygens (including phenoxy) is 1. The smallest absolute Gasteiger partial charge is 0.122 e. The third kappa shape index (κ3) is 2.35. The van der Waals surface area contributed by atoms with Crippen molar-refractivity contribution in [3.05, 3.63) is 0 Å². The Morgan fingerprint density at radius 1 is 1.60 bits per heavy atom. The van der Waals surface area contributed by atoms with Gasteiger partial charge < -0.3 is 9.57 Å². The summed E-state index contributed by atoms with van der Waals surface area (Å²) < 4.78 is 5.08. The molecule has 0 aromatic heterocycles. The average molecular weight is 143 g/mol. The van der Waals surface area contributed by atoms with E-state index in [1.165, 1.54) is 0 Å². The summed E-state index contributed by atoms with van der Waals surface area (Å²) in [5.74, 6) is 0. The Hall–Kier alpha value is -0.570. The fraction of sp³-hybridized carbons (Fsp3) is 0.857. The zero-order valence-electron chi connectivity index (χ0n) is 6.46. The van der Waals surface area contributed by atoms with E-state index in [9.17, 15) is 0 Å². The van der Waals surface area contributed by atoms with Crippen molar-refractivity contribution in [1.29, 1.82) is 0 Å². The van der Waals surface area contributed by atoms with Gasteiger partial charge >= 0.3 is 0 Å². The average Bonchev–Trinajstić information content (AvgIpc) is 2.34. The van der Waals surface area contributed by atoms with Crippen LogP contribution in [0.15, 0.2) is 5.16 Å². The normalized spacial score (nSPS) is 22.5. The van der Waals surface area contributed by atoms with Crippen molar-refractivity contribution >= 4 is 5.71 Å². The van der Waals surface area contributed by atoms with Crippen molar-refractivity contribution in [3.63, 3.8) is 0 Å². The van der Waals surface area contributed by atoms with Crippen LogP contribution in [0.1, 0.15) is 20.3 Å². The van der Waals surface area contributed by atoms with Gasteiger partial charge in [0.1, 0.15) is 6.10 Å². The number of oxime groups is 1. The maximum absolute atomic E-state index is 5.08. The molecule has 1 rings (SSSR count). The van der Waals surface area contributed by atoms with Crippen molar-refractivity contribution in [2.24, 2.45) is 5.16 Å². The van der Waals surface area contributed by atoms with Gasteiger partial charge in [-0.3, -0.25) is 0 Å². The van der Waals surface area contributed by atoms with Crippen LogP contribution < -0.4 is 0 Å². The number of hydrogen-bond donors (Lipinski definition) is 0. The molecule has 0 radical (unpaired) electrons. The molecule has 1 aliphatic heterocycles. The summed E-state index contributed by atoms with van der Waals surface area (Å²) in [4.78, 5) is 5.03. The van der Waals surface area contributed by atoms with Crippen molar-refractivity contribution < 1.29 is 9.57 Å². The zero-order chi connectivity index (χ0) is 7.40. The minimum Gasteiger partial charge on any atom is -0.393 e. The molecular formula is C7H13NO2. The number of nitrogens with zero attached hydrogens (tertiary/aromatic N) is 1. The van der Waals surface area contributed by atoms with Crippen molar-refractivity contribution in [2.45, 2.75) is 26.4 Å². The molecule has 10 heavy (non-hydrogen) atoms. The summed E-state index contributed by atoms with van der Waals surface area (Å²) in [5.41, 5.74) is 1.02. The lowest BCUT2D eigenvalue weighted by atomic mass is 10.3. The predicted octanol–water partition coefficient (Wildman–Crippen LogP) is 1.19. The van der Waals surface area contributed by atoms with Crippen LogP contribution in [-0.2, 0) is 9.57 Å². The van der Waals surface area contributed by atoms with Crippen LogP contribution in [0, 0.1) is 0 Å². The first kappa shape index (κ1) is 7.54. The molecule has 3 nitrogen and oxygen atoms in total. The molecule has 58 valence electrons. The summed E-state index contributed by atoms with van der Waals surface area (Å²) in [7, 11) is 0. The molecule has 1 saturated heterocycles. The highest BCUT2D eigenvalue weighted by molar-refractivity contribution is 5.86. The van der Waals surface area contributed by atoms with Crippen molar-refractivity contribution in [3.8, 4) is 0 Å². The maximum Gasteiger partial charge on any atom is 0.122 e. The van der Waals surface area contributed by atoms with Gasteiger partial charge in [0, 0.05) is 6.42 Å². The monoisotopic (exact) mass is 143 g/mol. The predicted molar refractivity (Wildman–Crippen MR) is 39.1 cm³/mol. The van der Waals surface area contributed by atoms with E-state index in [0.717, 1.165) is 18.7 Å². The summed E-state index contributed by atoms with van der Waals surface area (Å²) in [5, 5.41) is 3.91. The molecule has 3 heteroatoms. The van der Waals surface area contributed by atoms with Crippen LogP contribution in [-0.4, -0.2) is 25.0 Å². The van der Waals surface area contributed by atoms with Gasteiger partial charge in [-0.15, -0.1) is 0 Å². The third-order valence-electron chi connectivity index (χ3n) is 1.20. The second-order valence-electron chi connectivity index (χ2n) is 2.61. The highest BCUT2D eigenvalue weighted by Crippen LogP contribution is 2.01. The van der Waals surface area contributed by atoms with Crippen LogP contribution in [0.2, 0.25) is 0 Å². The fourth-order valence-electron chi connectivity index (χ4n) is 0.704. The van der Waals surface area contributed by atoms with Crippen molar-refractivity contribution in [2.75, 3.05) is 13.2 Å². The molecule has 0 bridgehead atoms. The summed E-state index contributed by atoms with van der Waals surface area (Å²) in [6.45, 7) is 5.35. The van der Waals surface area contributed by atoms with E-state index in [4.69, 9.17) is 9.57 Å². The Balaban J connectivity index is 2.25. The van der Waals surface area contributed by atoms with Gasteiger partial charge in [-0.1, -0.05) is 5.16 Å². The largest absolute Gasteiger partial charge is 0.393 e. The Bertz CT molecular complexity index is 124. The lowest BCUT2D eigenvalue weighted by Gasteiger charge is -2.01. The maximum atomic E-state index is 5.08. The number of rotatable bonds is 2. The quantitative estimate of drug-likeness (QED) is 0.543. The lowest BCUT2D eigenvalue weighted by Crippen LogP contribution is -2.02. The first-order valence-corrected chi connectivity index (χ1v) is 3.58. The Morgan fingerprint density at radius 3 is 2.90 bits per heavy atom. The zero-order valence-corrected chi connectivity index (χ0v) is 6.46. The standard InChI is InChI=1S/C7H13NO2/c1-6(2)10-8-7-3-4-9-5-7/h6H,3-5H2,1-2H3/b8-7-. The van der Waals surface area contributed by atoms with Gasteiger partial charge in [-0.2, -0.15) is 0 Å². The van der Waals surface area contributed by atoms with Gasteiger partial charge in [0.25, 0.3) is 0 Å². The fourth-order valence-corrected chi connectivity index (χ4v) is 0.704. The van der Waals surface area contributed by atoms with E-state index in [1.54, 1.807) is 0 Å². The van der Waals surface area contributed by atoms with Gasteiger partial charge in [-0.25, -0.2) is 0 Å². The minimum absolute atomic E-state index is 0.174. The molecule has 0 N–H and O–H groups in total. The summed E-state index contributed by atoms with van der Waals surface area (Å²) in [6, 6.07) is 0. The first-order valence-electron chi connectivity index (χ1n) is 3.58. The molecule has 0 aromatic rings. The summed E-state index contributed by atoms with van der Waals surface area (Å²) in [6.07, 6.45) is 1.10. The second kappa shape index (κ2) is 3.56. The molecule has 0 aliphatic carbocycles. The van der Waals surface area contributed by atoms with Gasteiger partial charge in [-0.05, 0) is 13.8 Å². The van der Waals surface area contributed by atoms with Gasteiger partial charge in [0.2, 0.25) is 0 Å². The molecule has 1 fully saturated rings. The summed E-state index contributed by atoms with van der Waals surface area (Å²) >= 11 is 0. The third-order valence-corrected chi connectivity index (χ3v) is 1.20. The Labute approximate surface area is 61.0 Å². The van der Waals surface area contributed by atoms with E-state index in [0.29, 0.717) is 6.61 Å². The van der Waals surface area contributed by atoms with Gasteiger partial charge in [0.15, 0.2) is 0 Å². The molecule has 0 spiro atoms. The van der Waals surface area contributed by atoms with Crippen LogP contribution in [0.4, 0.5) is 0 Å². The van der Waals surface area contributed by atoms with E-state index < -0.39 is 0 Å². The van der Waals surface area contributed by atoms with Crippen LogP contribution in [0.25, 0.3) is 0 Å². The molecule has 1 heterocycles. The van der Waals surface area contributed by atoms with Gasteiger partial charge in [0.05, 0.1) is 18.9 Å². The first-order chi connectivity index (χ1) is 4.79. The molecule has 0 aromatic carbocycles. The lowest BCUT2D eigenvalue weighted by molar-refractivity contribution is 0.0848. The van der Waals surface area contributed by atoms with E-state index in [-0.39, 0.29) is 6.10 Å². The number of hydrogen-bond acceptors (Lipinski definition) is 3. The van der Waals surface area contributed by atoms with E-state index in [1.807, 2.05) is 13.8 Å². The van der Waals surface area contributed by atoms with Crippen LogP contribution in [0.5, 0.6) is 0 Å². The highest BCUT2D eigenvalue weighted by atomic mass is 16.6. The minimum atomic E-state index is 0.174.